The summed E-state index contributed by atoms with van der Waals surface area (Å²) in [6, 6.07) is 9.35. The largest absolute Gasteiger partial charge is 0.495 e. The lowest BCUT2D eigenvalue weighted by atomic mass is 10.1. The fraction of sp³-hybridized carbons (Fsp3) is 0.0588. The quantitative estimate of drug-likeness (QED) is 0.490. The first-order valence-corrected chi connectivity index (χ1v) is 8.75. The van der Waals surface area contributed by atoms with Crippen molar-refractivity contribution in [2.24, 2.45) is 0 Å². The summed E-state index contributed by atoms with van der Waals surface area (Å²) in [5.74, 6) is 0.231. The molecule has 0 saturated carbocycles. The zero-order valence-corrected chi connectivity index (χ0v) is 14.9. The number of fused-ring (bicyclic) bond motifs is 2. The number of ether oxygens (including phenoxy) is 1. The van der Waals surface area contributed by atoms with Crippen molar-refractivity contribution in [2.45, 2.75) is 0 Å². The zero-order valence-electron chi connectivity index (χ0n) is 12.5. The van der Waals surface area contributed by atoms with E-state index in [1.807, 2.05) is 18.2 Å². The number of methoxy groups -OCH3 is 1. The minimum Gasteiger partial charge on any atom is -0.495 e. The number of aromatic nitrogens is 2. The number of thiazole rings is 1. The molecule has 0 radical (unpaired) electrons. The molecule has 0 fully saturated rings. The molecule has 4 rings (SSSR count). The fourth-order valence-corrected chi connectivity index (χ4v) is 3.70. The number of nitrogens with zero attached hydrogens (tertiary/aromatic N) is 2. The van der Waals surface area contributed by atoms with E-state index in [0.717, 1.165) is 20.4 Å². The van der Waals surface area contributed by atoms with E-state index in [9.17, 15) is 4.39 Å². The Balaban J connectivity index is 1.85. The first-order valence-electron chi connectivity index (χ1n) is 7.08. The molecule has 1 N–H and O–H groups in total. The van der Waals surface area contributed by atoms with E-state index in [1.165, 1.54) is 6.20 Å². The van der Waals surface area contributed by atoms with Crippen LogP contribution in [-0.4, -0.2) is 17.1 Å². The second-order valence-corrected chi connectivity index (χ2v) is 6.89. The Labute approximate surface area is 149 Å². The van der Waals surface area contributed by atoms with Gasteiger partial charge in [0, 0.05) is 17.1 Å². The molecular weight excluding hydrogens is 393 g/mol. The third-order valence-electron chi connectivity index (χ3n) is 3.70. The summed E-state index contributed by atoms with van der Waals surface area (Å²) in [4.78, 5) is 8.44. The van der Waals surface area contributed by atoms with Crippen molar-refractivity contribution in [2.75, 3.05) is 12.4 Å². The standard InChI is InChI=1S/C17H11BrFN3OS/c1-23-15-6-13-10(5-11(15)18)17(12(19)7-20-13)22-9-2-3-16-14(4-9)21-8-24-16/h2-8H,1H3,(H,20,22). The van der Waals surface area contributed by atoms with Crippen LogP contribution in [0.3, 0.4) is 0 Å². The van der Waals surface area contributed by atoms with Crippen LogP contribution < -0.4 is 10.1 Å². The lowest BCUT2D eigenvalue weighted by Gasteiger charge is -2.12. The highest BCUT2D eigenvalue weighted by molar-refractivity contribution is 9.10. The lowest BCUT2D eigenvalue weighted by Crippen LogP contribution is -1.97. The van der Waals surface area contributed by atoms with Crippen LogP contribution in [0.4, 0.5) is 15.8 Å². The van der Waals surface area contributed by atoms with Gasteiger partial charge in [0.1, 0.15) is 5.75 Å². The molecule has 4 aromatic rings. The SMILES string of the molecule is COc1cc2ncc(F)c(Nc3ccc4scnc4c3)c2cc1Br. The average Bonchev–Trinajstić information content (AvgIpc) is 3.05. The van der Waals surface area contributed by atoms with Crippen LogP contribution in [0.25, 0.3) is 21.1 Å². The van der Waals surface area contributed by atoms with Crippen molar-refractivity contribution in [3.8, 4) is 5.75 Å². The summed E-state index contributed by atoms with van der Waals surface area (Å²) in [5.41, 5.74) is 4.46. The van der Waals surface area contributed by atoms with E-state index < -0.39 is 5.82 Å². The van der Waals surface area contributed by atoms with Gasteiger partial charge in [-0.25, -0.2) is 9.37 Å². The molecule has 2 aromatic heterocycles. The summed E-state index contributed by atoms with van der Waals surface area (Å²) in [6.45, 7) is 0. The summed E-state index contributed by atoms with van der Waals surface area (Å²) in [5, 5.41) is 3.82. The Morgan fingerprint density at radius 3 is 2.88 bits per heavy atom. The Morgan fingerprint density at radius 2 is 2.04 bits per heavy atom. The second kappa shape index (κ2) is 5.99. The molecule has 0 unspecified atom stereocenters. The number of halogens is 2. The molecule has 0 atom stereocenters. The van der Waals surface area contributed by atoms with Gasteiger partial charge in [-0.05, 0) is 40.2 Å². The molecule has 0 spiro atoms. The van der Waals surface area contributed by atoms with Crippen molar-refractivity contribution >= 4 is 59.8 Å². The van der Waals surface area contributed by atoms with Crippen LogP contribution in [0.2, 0.25) is 0 Å². The lowest BCUT2D eigenvalue weighted by molar-refractivity contribution is 0.412. The van der Waals surface area contributed by atoms with Gasteiger partial charge in [-0.1, -0.05) is 0 Å². The van der Waals surface area contributed by atoms with E-state index in [1.54, 1.807) is 36.1 Å². The number of anilines is 2. The van der Waals surface area contributed by atoms with E-state index >= 15 is 0 Å². The number of hydrogen-bond donors (Lipinski definition) is 1. The smallest absolute Gasteiger partial charge is 0.165 e. The van der Waals surface area contributed by atoms with Gasteiger partial charge in [-0.2, -0.15) is 0 Å². The predicted molar refractivity (Wildman–Crippen MR) is 98.9 cm³/mol. The predicted octanol–water partition coefficient (Wildman–Crippen LogP) is 5.50. The van der Waals surface area contributed by atoms with Crippen LogP contribution in [0.15, 0.2) is 46.5 Å². The van der Waals surface area contributed by atoms with Gasteiger partial charge >= 0.3 is 0 Å². The number of rotatable bonds is 3. The van der Waals surface area contributed by atoms with Gasteiger partial charge in [-0.3, -0.25) is 4.98 Å². The maximum atomic E-state index is 14.4. The molecule has 2 heterocycles. The van der Waals surface area contributed by atoms with Gasteiger partial charge in [0.25, 0.3) is 0 Å². The number of nitrogens with one attached hydrogen (secondary N) is 1. The molecule has 0 aliphatic rings. The molecule has 0 aliphatic heterocycles. The molecule has 24 heavy (non-hydrogen) atoms. The van der Waals surface area contributed by atoms with Crippen LogP contribution in [0.1, 0.15) is 0 Å². The molecule has 2 aromatic carbocycles. The normalized spacial score (nSPS) is 11.1. The van der Waals surface area contributed by atoms with E-state index in [-0.39, 0.29) is 0 Å². The molecule has 0 amide bonds. The maximum absolute atomic E-state index is 14.4. The third kappa shape index (κ3) is 2.59. The highest BCUT2D eigenvalue weighted by atomic mass is 79.9. The summed E-state index contributed by atoms with van der Waals surface area (Å²) in [7, 11) is 1.58. The highest BCUT2D eigenvalue weighted by Crippen LogP contribution is 2.35. The second-order valence-electron chi connectivity index (χ2n) is 5.14. The first-order chi connectivity index (χ1) is 11.7. The van der Waals surface area contributed by atoms with Crippen LogP contribution in [0.5, 0.6) is 5.75 Å². The van der Waals surface area contributed by atoms with Gasteiger partial charge in [-0.15, -0.1) is 11.3 Å². The fourth-order valence-electron chi connectivity index (χ4n) is 2.53. The molecule has 7 heteroatoms. The van der Waals surface area contributed by atoms with Crippen LogP contribution in [-0.2, 0) is 0 Å². The summed E-state index contributed by atoms with van der Waals surface area (Å²) < 4.78 is 21.5. The van der Waals surface area contributed by atoms with E-state index in [0.29, 0.717) is 22.3 Å². The average molecular weight is 404 g/mol. The van der Waals surface area contributed by atoms with Crippen molar-refractivity contribution in [3.63, 3.8) is 0 Å². The maximum Gasteiger partial charge on any atom is 0.165 e. The van der Waals surface area contributed by atoms with Crippen molar-refractivity contribution in [1.82, 2.24) is 9.97 Å². The third-order valence-corrected chi connectivity index (χ3v) is 5.12. The van der Waals surface area contributed by atoms with Crippen molar-refractivity contribution in [1.29, 1.82) is 0 Å². The summed E-state index contributed by atoms with van der Waals surface area (Å²) >= 11 is 5.01. The Morgan fingerprint density at radius 1 is 1.17 bits per heavy atom. The molecule has 4 nitrogen and oxygen atoms in total. The van der Waals surface area contributed by atoms with Crippen molar-refractivity contribution < 1.29 is 9.13 Å². The zero-order chi connectivity index (χ0) is 16.7. The molecular formula is C17H11BrFN3OS. The first kappa shape index (κ1) is 15.3. The number of benzene rings is 2. The van der Waals surface area contributed by atoms with Crippen LogP contribution in [0, 0.1) is 5.82 Å². The molecule has 0 bridgehead atoms. The molecule has 0 aliphatic carbocycles. The topological polar surface area (TPSA) is 47.0 Å². The Kier molecular flexibility index (Phi) is 3.82. The minimum atomic E-state index is -0.419. The minimum absolute atomic E-state index is 0.373. The monoisotopic (exact) mass is 403 g/mol. The van der Waals surface area contributed by atoms with E-state index in [4.69, 9.17) is 4.74 Å². The van der Waals surface area contributed by atoms with Gasteiger partial charge in [0.2, 0.25) is 0 Å². The van der Waals surface area contributed by atoms with Gasteiger partial charge < -0.3 is 10.1 Å². The Hall–Kier alpha value is -2.25. The van der Waals surface area contributed by atoms with Crippen LogP contribution >= 0.6 is 27.3 Å². The Bertz CT molecular complexity index is 1070. The summed E-state index contributed by atoms with van der Waals surface area (Å²) in [6.07, 6.45) is 1.21. The number of hydrogen-bond acceptors (Lipinski definition) is 5. The number of pyridine rings is 1. The van der Waals surface area contributed by atoms with Gasteiger partial charge in [0.05, 0.1) is 44.7 Å². The highest BCUT2D eigenvalue weighted by Gasteiger charge is 2.13. The van der Waals surface area contributed by atoms with E-state index in [2.05, 4.69) is 31.2 Å². The molecule has 0 saturated heterocycles. The molecule has 120 valence electrons. The van der Waals surface area contributed by atoms with Crippen molar-refractivity contribution in [3.05, 3.63) is 52.3 Å². The van der Waals surface area contributed by atoms with Gasteiger partial charge in [0.15, 0.2) is 5.82 Å².